The molecule has 0 aliphatic carbocycles. The predicted molar refractivity (Wildman–Crippen MR) is 133 cm³/mol. The second-order valence-corrected chi connectivity index (χ2v) is 9.29. The van der Waals surface area contributed by atoms with Crippen LogP contribution < -0.4 is 5.32 Å². The zero-order valence-corrected chi connectivity index (χ0v) is 20.4. The fourth-order valence-corrected chi connectivity index (χ4v) is 3.98. The predicted octanol–water partition coefficient (Wildman–Crippen LogP) is 7.38. The smallest absolute Gasteiger partial charge is 0.295 e. The Morgan fingerprint density at radius 3 is 2.44 bits per heavy atom. The monoisotopic (exact) mass is 528 g/mol. The molecule has 0 spiro atoms. The Kier molecular flexibility index (Phi) is 6.65. The molecular weight excluding hydrogens is 511 g/mol. The van der Waals surface area contributed by atoms with E-state index in [-0.39, 0.29) is 11.7 Å². The molecule has 4 aromatic rings. The van der Waals surface area contributed by atoms with Crippen molar-refractivity contribution in [1.82, 2.24) is 14.8 Å². The lowest BCUT2D eigenvalue weighted by Crippen LogP contribution is -2.16. The standard InChI is InChI=1S/C24H19BrCl2N4O/c1-14(2)20-13-16(25)6-11-21(20)28-24(32)22-29-23(15-4-3-5-18(27)12-15)31(30-22)19-9-7-17(26)8-10-19/h3-14H,1-2H3,(H,28,32). The first kappa shape index (κ1) is 22.5. The summed E-state index contributed by atoms with van der Waals surface area (Å²) in [6, 6.07) is 20.2. The van der Waals surface area contributed by atoms with Gasteiger partial charge in [0.05, 0.1) is 5.69 Å². The number of hydrogen-bond acceptors (Lipinski definition) is 3. The highest BCUT2D eigenvalue weighted by atomic mass is 79.9. The van der Waals surface area contributed by atoms with Crippen molar-refractivity contribution in [3.8, 4) is 17.1 Å². The van der Waals surface area contributed by atoms with Crippen LogP contribution in [-0.4, -0.2) is 20.7 Å². The molecule has 3 aromatic carbocycles. The Morgan fingerprint density at radius 2 is 1.75 bits per heavy atom. The van der Waals surface area contributed by atoms with Gasteiger partial charge in [0, 0.05) is 25.8 Å². The van der Waals surface area contributed by atoms with Gasteiger partial charge in [0.25, 0.3) is 5.91 Å². The van der Waals surface area contributed by atoms with Crippen LogP contribution >= 0.6 is 39.1 Å². The van der Waals surface area contributed by atoms with Gasteiger partial charge in [-0.25, -0.2) is 9.67 Å². The number of aromatic nitrogens is 3. The van der Waals surface area contributed by atoms with Crippen LogP contribution in [0.1, 0.15) is 35.9 Å². The molecule has 32 heavy (non-hydrogen) atoms. The molecule has 1 heterocycles. The van der Waals surface area contributed by atoms with Crippen molar-refractivity contribution in [2.24, 2.45) is 0 Å². The van der Waals surface area contributed by atoms with Crippen molar-refractivity contribution in [3.05, 3.63) is 92.6 Å². The molecule has 0 bridgehead atoms. The number of halogens is 3. The molecule has 0 aliphatic rings. The molecule has 8 heteroatoms. The molecule has 0 aliphatic heterocycles. The SMILES string of the molecule is CC(C)c1cc(Br)ccc1NC(=O)c1nc(-c2cccc(Cl)c2)n(-c2ccc(Cl)cc2)n1. The van der Waals surface area contributed by atoms with Crippen LogP contribution in [0.25, 0.3) is 17.1 Å². The first-order chi connectivity index (χ1) is 15.3. The third-order valence-electron chi connectivity index (χ3n) is 4.85. The number of nitrogens with one attached hydrogen (secondary N) is 1. The molecule has 1 amide bonds. The Morgan fingerprint density at radius 1 is 1.00 bits per heavy atom. The first-order valence-corrected chi connectivity index (χ1v) is 11.5. The second kappa shape index (κ2) is 9.45. The molecule has 0 saturated heterocycles. The molecule has 0 radical (unpaired) electrons. The lowest BCUT2D eigenvalue weighted by atomic mass is 10.0. The van der Waals surface area contributed by atoms with Crippen LogP contribution in [0.15, 0.2) is 71.2 Å². The van der Waals surface area contributed by atoms with Crippen LogP contribution in [0.5, 0.6) is 0 Å². The minimum atomic E-state index is -0.398. The third kappa shape index (κ3) is 4.88. The van der Waals surface area contributed by atoms with Crippen LogP contribution in [0.3, 0.4) is 0 Å². The number of carbonyl (C=O) groups excluding carboxylic acids is 1. The van der Waals surface area contributed by atoms with Crippen LogP contribution in [0, 0.1) is 0 Å². The average Bonchev–Trinajstić information content (AvgIpc) is 3.21. The van der Waals surface area contributed by atoms with Crippen molar-refractivity contribution in [1.29, 1.82) is 0 Å². The molecule has 162 valence electrons. The van der Waals surface area contributed by atoms with Gasteiger partial charge in [0.15, 0.2) is 5.82 Å². The molecule has 5 nitrogen and oxygen atoms in total. The summed E-state index contributed by atoms with van der Waals surface area (Å²) in [5, 5.41) is 8.63. The van der Waals surface area contributed by atoms with Gasteiger partial charge in [0.1, 0.15) is 0 Å². The zero-order valence-electron chi connectivity index (χ0n) is 17.3. The topological polar surface area (TPSA) is 59.8 Å². The lowest BCUT2D eigenvalue weighted by Gasteiger charge is -2.13. The van der Waals surface area contributed by atoms with Crippen molar-refractivity contribution in [2.75, 3.05) is 5.32 Å². The maximum Gasteiger partial charge on any atom is 0.295 e. The number of nitrogens with zero attached hydrogens (tertiary/aromatic N) is 3. The zero-order chi connectivity index (χ0) is 22.8. The summed E-state index contributed by atoms with van der Waals surface area (Å²) < 4.78 is 2.56. The van der Waals surface area contributed by atoms with E-state index < -0.39 is 5.91 Å². The number of hydrogen-bond donors (Lipinski definition) is 1. The van der Waals surface area contributed by atoms with Gasteiger partial charge in [0.2, 0.25) is 5.82 Å². The van der Waals surface area contributed by atoms with Crippen molar-refractivity contribution in [3.63, 3.8) is 0 Å². The van der Waals surface area contributed by atoms with Gasteiger partial charge in [-0.2, -0.15) is 0 Å². The van der Waals surface area contributed by atoms with Crippen LogP contribution in [-0.2, 0) is 0 Å². The molecule has 0 unspecified atom stereocenters. The highest BCUT2D eigenvalue weighted by Crippen LogP contribution is 2.29. The van der Waals surface area contributed by atoms with Crippen molar-refractivity contribution in [2.45, 2.75) is 19.8 Å². The van der Waals surface area contributed by atoms with E-state index in [1.54, 1.807) is 28.9 Å². The summed E-state index contributed by atoms with van der Waals surface area (Å²) in [5.74, 6) is 0.377. The van der Waals surface area contributed by atoms with E-state index in [2.05, 4.69) is 45.2 Å². The summed E-state index contributed by atoms with van der Waals surface area (Å²) in [6.07, 6.45) is 0. The third-order valence-corrected chi connectivity index (χ3v) is 5.83. The molecule has 0 atom stereocenters. The highest BCUT2D eigenvalue weighted by Gasteiger charge is 2.20. The second-order valence-electron chi connectivity index (χ2n) is 7.50. The van der Waals surface area contributed by atoms with Gasteiger partial charge in [-0.15, -0.1) is 5.10 Å². The Balaban J connectivity index is 1.76. The van der Waals surface area contributed by atoms with Gasteiger partial charge < -0.3 is 5.32 Å². The van der Waals surface area contributed by atoms with E-state index in [9.17, 15) is 4.79 Å². The number of rotatable bonds is 5. The minimum absolute atomic E-state index is 0.0487. The fourth-order valence-electron chi connectivity index (χ4n) is 3.29. The maximum atomic E-state index is 13.1. The van der Waals surface area contributed by atoms with Crippen molar-refractivity contribution < 1.29 is 4.79 Å². The Bertz CT molecular complexity index is 1290. The summed E-state index contributed by atoms with van der Waals surface area (Å²) in [5.41, 5.74) is 3.20. The average molecular weight is 530 g/mol. The quantitative estimate of drug-likeness (QED) is 0.293. The van der Waals surface area contributed by atoms with E-state index >= 15 is 0 Å². The number of benzene rings is 3. The van der Waals surface area contributed by atoms with Crippen LogP contribution in [0.4, 0.5) is 5.69 Å². The van der Waals surface area contributed by atoms with E-state index in [4.69, 9.17) is 23.2 Å². The van der Waals surface area contributed by atoms with E-state index in [0.29, 0.717) is 15.9 Å². The molecular formula is C24H19BrCl2N4O. The minimum Gasteiger partial charge on any atom is -0.319 e. The van der Waals surface area contributed by atoms with Gasteiger partial charge in [-0.05, 0) is 66.1 Å². The van der Waals surface area contributed by atoms with E-state index in [0.717, 1.165) is 27.0 Å². The lowest BCUT2D eigenvalue weighted by molar-refractivity contribution is 0.101. The van der Waals surface area contributed by atoms with E-state index in [1.807, 2.05) is 42.5 Å². The van der Waals surface area contributed by atoms with Crippen molar-refractivity contribution >= 4 is 50.7 Å². The summed E-state index contributed by atoms with van der Waals surface area (Å²) in [4.78, 5) is 17.7. The summed E-state index contributed by atoms with van der Waals surface area (Å²) in [7, 11) is 0. The molecule has 4 rings (SSSR count). The number of anilines is 1. The molecule has 0 fully saturated rings. The van der Waals surface area contributed by atoms with Gasteiger partial charge in [-0.3, -0.25) is 4.79 Å². The van der Waals surface area contributed by atoms with Gasteiger partial charge >= 0.3 is 0 Å². The highest BCUT2D eigenvalue weighted by molar-refractivity contribution is 9.10. The molecule has 0 saturated carbocycles. The number of amides is 1. The Hall–Kier alpha value is -2.67. The maximum absolute atomic E-state index is 13.1. The summed E-state index contributed by atoms with van der Waals surface area (Å²) >= 11 is 15.7. The summed E-state index contributed by atoms with van der Waals surface area (Å²) in [6.45, 7) is 4.14. The number of carbonyl (C=O) groups is 1. The van der Waals surface area contributed by atoms with Gasteiger partial charge in [-0.1, -0.05) is 65.1 Å². The normalized spacial score (nSPS) is 11.1. The molecule has 1 N–H and O–H groups in total. The first-order valence-electron chi connectivity index (χ1n) is 9.91. The largest absolute Gasteiger partial charge is 0.319 e. The van der Waals surface area contributed by atoms with E-state index in [1.165, 1.54) is 0 Å². The fraction of sp³-hybridized carbons (Fsp3) is 0.125. The molecule has 1 aromatic heterocycles. The Labute approximate surface area is 204 Å². The van der Waals surface area contributed by atoms with Crippen LogP contribution in [0.2, 0.25) is 10.0 Å².